The summed E-state index contributed by atoms with van der Waals surface area (Å²) < 4.78 is 1.34. The van der Waals surface area contributed by atoms with Gasteiger partial charge in [-0.15, -0.1) is 11.3 Å². The molecule has 1 aromatic heterocycles. The van der Waals surface area contributed by atoms with Crippen molar-refractivity contribution < 1.29 is 0 Å². The molecular formula is C11H18IN3S. The van der Waals surface area contributed by atoms with Crippen molar-refractivity contribution in [3.63, 3.8) is 0 Å². The number of nitrogens with one attached hydrogen (secondary N) is 2. The molecule has 3 nitrogen and oxygen atoms in total. The molecule has 0 radical (unpaired) electrons. The molecule has 0 bridgehead atoms. The quantitative estimate of drug-likeness (QED) is 0.486. The van der Waals surface area contributed by atoms with E-state index >= 15 is 0 Å². The first-order valence-corrected chi connectivity index (χ1v) is 7.42. The summed E-state index contributed by atoms with van der Waals surface area (Å²) in [5, 5.41) is 6.43. The SMILES string of the molecule is CCNC(=NCCc1ccc(I)s1)NCC. The summed E-state index contributed by atoms with van der Waals surface area (Å²) in [7, 11) is 0. The zero-order valence-electron chi connectivity index (χ0n) is 9.72. The number of rotatable bonds is 5. The summed E-state index contributed by atoms with van der Waals surface area (Å²) in [5.74, 6) is 0.913. The maximum Gasteiger partial charge on any atom is 0.191 e. The van der Waals surface area contributed by atoms with Crippen LogP contribution in [-0.2, 0) is 6.42 Å². The van der Waals surface area contributed by atoms with E-state index in [-0.39, 0.29) is 0 Å². The van der Waals surface area contributed by atoms with Crippen molar-refractivity contribution in [2.75, 3.05) is 19.6 Å². The number of hydrogen-bond acceptors (Lipinski definition) is 2. The van der Waals surface area contributed by atoms with Crippen molar-refractivity contribution >= 4 is 39.9 Å². The highest BCUT2D eigenvalue weighted by molar-refractivity contribution is 14.1. The van der Waals surface area contributed by atoms with E-state index in [1.807, 2.05) is 11.3 Å². The van der Waals surface area contributed by atoms with Crippen LogP contribution in [0.25, 0.3) is 0 Å². The molecule has 0 aliphatic heterocycles. The van der Waals surface area contributed by atoms with Crippen molar-refractivity contribution in [3.8, 4) is 0 Å². The van der Waals surface area contributed by atoms with E-state index in [1.54, 1.807) is 0 Å². The van der Waals surface area contributed by atoms with Gasteiger partial charge in [-0.1, -0.05) is 0 Å². The molecule has 0 saturated carbocycles. The zero-order chi connectivity index (χ0) is 11.8. The van der Waals surface area contributed by atoms with Gasteiger partial charge in [-0.2, -0.15) is 0 Å². The lowest BCUT2D eigenvalue weighted by Gasteiger charge is -2.08. The Labute approximate surface area is 115 Å². The lowest BCUT2D eigenvalue weighted by Crippen LogP contribution is -2.37. The Balaban J connectivity index is 2.38. The third-order valence-corrected chi connectivity index (χ3v) is 3.90. The minimum Gasteiger partial charge on any atom is -0.357 e. The lowest BCUT2D eigenvalue weighted by molar-refractivity contribution is 0.835. The van der Waals surface area contributed by atoms with E-state index in [2.05, 4.69) is 64.2 Å². The van der Waals surface area contributed by atoms with Crippen LogP contribution in [0.5, 0.6) is 0 Å². The van der Waals surface area contributed by atoms with Crippen molar-refractivity contribution in [2.24, 2.45) is 4.99 Å². The Morgan fingerprint density at radius 3 is 2.50 bits per heavy atom. The molecule has 0 amide bonds. The summed E-state index contributed by atoms with van der Waals surface area (Å²) in [5.41, 5.74) is 0. The highest BCUT2D eigenvalue weighted by atomic mass is 127. The lowest BCUT2D eigenvalue weighted by atomic mass is 10.3. The summed E-state index contributed by atoms with van der Waals surface area (Å²) in [4.78, 5) is 5.91. The van der Waals surface area contributed by atoms with Crippen LogP contribution < -0.4 is 10.6 Å². The Kier molecular flexibility index (Phi) is 6.79. The maximum atomic E-state index is 4.51. The van der Waals surface area contributed by atoms with Crippen molar-refractivity contribution in [3.05, 3.63) is 19.9 Å². The smallest absolute Gasteiger partial charge is 0.191 e. The van der Waals surface area contributed by atoms with Gasteiger partial charge in [-0.3, -0.25) is 4.99 Å². The molecular weight excluding hydrogens is 333 g/mol. The number of thiophene rings is 1. The van der Waals surface area contributed by atoms with Crippen LogP contribution in [0.15, 0.2) is 17.1 Å². The minimum atomic E-state index is 0.839. The summed E-state index contributed by atoms with van der Waals surface area (Å²) in [6.45, 7) is 6.81. The topological polar surface area (TPSA) is 36.4 Å². The average Bonchev–Trinajstić information content (AvgIpc) is 2.65. The van der Waals surface area contributed by atoms with Gasteiger partial charge < -0.3 is 10.6 Å². The third-order valence-electron chi connectivity index (χ3n) is 1.95. The fraction of sp³-hybridized carbons (Fsp3) is 0.545. The second-order valence-electron chi connectivity index (χ2n) is 3.25. The van der Waals surface area contributed by atoms with Gasteiger partial charge in [0.15, 0.2) is 5.96 Å². The summed E-state index contributed by atoms with van der Waals surface area (Å²) in [6.07, 6.45) is 1.02. The molecule has 0 fully saturated rings. The number of hydrogen-bond donors (Lipinski definition) is 2. The number of halogens is 1. The molecule has 0 saturated heterocycles. The second-order valence-corrected chi connectivity index (χ2v) is 6.31. The monoisotopic (exact) mass is 351 g/mol. The first-order chi connectivity index (χ1) is 7.76. The molecule has 0 aromatic carbocycles. The Morgan fingerprint density at radius 2 is 2.00 bits per heavy atom. The molecule has 2 N–H and O–H groups in total. The number of nitrogens with zero attached hydrogens (tertiary/aromatic N) is 1. The van der Waals surface area contributed by atoms with Crippen LogP contribution in [0.2, 0.25) is 0 Å². The largest absolute Gasteiger partial charge is 0.357 e. The van der Waals surface area contributed by atoms with Gasteiger partial charge >= 0.3 is 0 Å². The van der Waals surface area contributed by atoms with Crippen LogP contribution in [0.1, 0.15) is 18.7 Å². The van der Waals surface area contributed by atoms with Crippen molar-refractivity contribution in [1.29, 1.82) is 0 Å². The fourth-order valence-corrected chi connectivity index (χ4v) is 3.02. The molecule has 5 heteroatoms. The predicted octanol–water partition coefficient (Wildman–Crippen LogP) is 2.47. The first-order valence-electron chi connectivity index (χ1n) is 5.52. The molecule has 16 heavy (non-hydrogen) atoms. The normalized spacial score (nSPS) is 9.94. The van der Waals surface area contributed by atoms with Gasteiger partial charge in [0, 0.05) is 30.9 Å². The molecule has 90 valence electrons. The number of aliphatic imine (C=N–C) groups is 1. The van der Waals surface area contributed by atoms with E-state index in [9.17, 15) is 0 Å². The molecule has 0 aliphatic rings. The highest BCUT2D eigenvalue weighted by Crippen LogP contribution is 2.18. The minimum absolute atomic E-state index is 0.839. The third kappa shape index (κ3) is 5.16. The molecule has 0 spiro atoms. The summed E-state index contributed by atoms with van der Waals surface area (Å²) in [6, 6.07) is 4.34. The Morgan fingerprint density at radius 1 is 1.31 bits per heavy atom. The molecule has 0 unspecified atom stereocenters. The second kappa shape index (κ2) is 7.89. The number of guanidine groups is 1. The molecule has 0 aliphatic carbocycles. The average molecular weight is 351 g/mol. The fourth-order valence-electron chi connectivity index (χ4n) is 1.27. The zero-order valence-corrected chi connectivity index (χ0v) is 12.7. The Bertz CT molecular complexity index is 328. The molecule has 0 atom stereocenters. The van der Waals surface area contributed by atoms with E-state index in [0.29, 0.717) is 0 Å². The molecule has 1 heterocycles. The van der Waals surface area contributed by atoms with E-state index in [1.165, 1.54) is 7.76 Å². The highest BCUT2D eigenvalue weighted by Gasteiger charge is 1.98. The van der Waals surface area contributed by atoms with Crippen LogP contribution in [0, 0.1) is 2.88 Å². The van der Waals surface area contributed by atoms with E-state index in [0.717, 1.165) is 32.0 Å². The van der Waals surface area contributed by atoms with Crippen LogP contribution in [0.3, 0.4) is 0 Å². The van der Waals surface area contributed by atoms with Gasteiger partial charge in [-0.25, -0.2) is 0 Å². The Hall–Kier alpha value is -0.300. The summed E-state index contributed by atoms with van der Waals surface area (Å²) >= 11 is 4.19. The van der Waals surface area contributed by atoms with Crippen LogP contribution in [0.4, 0.5) is 0 Å². The van der Waals surface area contributed by atoms with E-state index < -0.39 is 0 Å². The van der Waals surface area contributed by atoms with E-state index in [4.69, 9.17) is 0 Å². The molecule has 1 aromatic rings. The van der Waals surface area contributed by atoms with Crippen LogP contribution >= 0.6 is 33.9 Å². The van der Waals surface area contributed by atoms with Gasteiger partial charge in [0.05, 0.1) is 2.88 Å². The van der Waals surface area contributed by atoms with Crippen LogP contribution in [-0.4, -0.2) is 25.6 Å². The van der Waals surface area contributed by atoms with Gasteiger partial charge in [0.2, 0.25) is 0 Å². The maximum absolute atomic E-state index is 4.51. The van der Waals surface area contributed by atoms with Gasteiger partial charge in [-0.05, 0) is 48.6 Å². The first kappa shape index (κ1) is 13.8. The van der Waals surface area contributed by atoms with Gasteiger partial charge in [0.1, 0.15) is 0 Å². The van der Waals surface area contributed by atoms with Gasteiger partial charge in [0.25, 0.3) is 0 Å². The van der Waals surface area contributed by atoms with Crippen molar-refractivity contribution in [1.82, 2.24) is 10.6 Å². The predicted molar refractivity (Wildman–Crippen MR) is 80.4 cm³/mol. The van der Waals surface area contributed by atoms with Crippen molar-refractivity contribution in [2.45, 2.75) is 20.3 Å². The molecule has 1 rings (SSSR count). The standard InChI is InChI=1S/C11H18IN3S/c1-3-13-11(14-4-2)15-8-7-9-5-6-10(12)16-9/h5-6H,3-4,7-8H2,1-2H3,(H2,13,14,15).